The molecule has 188 valence electrons. The number of carbonyl (C=O) groups excluding carboxylic acids is 2. The summed E-state index contributed by atoms with van der Waals surface area (Å²) in [5.41, 5.74) is 1.91. The summed E-state index contributed by atoms with van der Waals surface area (Å²) in [7, 11) is 6.02. The van der Waals surface area contributed by atoms with Crippen LogP contribution >= 0.6 is 0 Å². The van der Waals surface area contributed by atoms with Gasteiger partial charge in [-0.05, 0) is 63.9 Å². The van der Waals surface area contributed by atoms with Gasteiger partial charge in [-0.1, -0.05) is 31.1 Å². The van der Waals surface area contributed by atoms with Gasteiger partial charge < -0.3 is 19.6 Å². The topological polar surface area (TPSA) is 47.1 Å². The van der Waals surface area contributed by atoms with Crippen molar-refractivity contribution in [2.45, 2.75) is 50.6 Å². The first-order valence-corrected chi connectivity index (χ1v) is 13.0. The average Bonchev–Trinajstić information content (AvgIpc) is 3.56. The summed E-state index contributed by atoms with van der Waals surface area (Å²) in [4.78, 5) is 34.3. The Morgan fingerprint density at radius 2 is 1.80 bits per heavy atom. The lowest BCUT2D eigenvalue weighted by molar-refractivity contribution is -0.128. The maximum Gasteiger partial charge on any atom is 0.253 e. The van der Waals surface area contributed by atoms with Gasteiger partial charge in [0, 0.05) is 50.0 Å². The lowest BCUT2D eigenvalue weighted by atomic mass is 9.79. The summed E-state index contributed by atoms with van der Waals surface area (Å²) < 4.78 is 15.1. The van der Waals surface area contributed by atoms with E-state index in [0.717, 1.165) is 38.8 Å². The third kappa shape index (κ3) is 4.63. The number of fused-ring (bicyclic) bond motifs is 1. The summed E-state index contributed by atoms with van der Waals surface area (Å²) in [6.45, 7) is 2.17. The second-order valence-corrected chi connectivity index (χ2v) is 10.8. The molecule has 2 aliphatic heterocycles. The van der Waals surface area contributed by atoms with Crippen molar-refractivity contribution in [2.24, 2.45) is 11.8 Å². The number of amides is 2. The van der Waals surface area contributed by atoms with Gasteiger partial charge in [0.1, 0.15) is 5.82 Å². The van der Waals surface area contributed by atoms with E-state index in [4.69, 9.17) is 0 Å². The lowest BCUT2D eigenvalue weighted by Crippen LogP contribution is -2.46. The summed E-state index contributed by atoms with van der Waals surface area (Å²) in [6.07, 6.45) is 12.0. The van der Waals surface area contributed by atoms with E-state index in [-0.39, 0.29) is 29.5 Å². The van der Waals surface area contributed by atoms with Crippen LogP contribution in [0.5, 0.6) is 0 Å². The molecule has 0 N–H and O–H groups in total. The quantitative estimate of drug-likeness (QED) is 0.643. The number of hydrogen-bond donors (Lipinski definition) is 0. The van der Waals surface area contributed by atoms with Gasteiger partial charge >= 0.3 is 0 Å². The Labute approximate surface area is 208 Å². The van der Waals surface area contributed by atoms with E-state index in [1.165, 1.54) is 18.9 Å². The summed E-state index contributed by atoms with van der Waals surface area (Å²) in [5, 5.41) is 0. The lowest BCUT2D eigenvalue weighted by Gasteiger charge is -2.37. The highest BCUT2D eigenvalue weighted by Crippen LogP contribution is 2.36. The van der Waals surface area contributed by atoms with E-state index in [1.807, 2.05) is 42.3 Å². The Balaban J connectivity index is 1.26. The number of benzene rings is 1. The molecule has 35 heavy (non-hydrogen) atoms. The van der Waals surface area contributed by atoms with Crippen LogP contribution in [0.4, 0.5) is 15.8 Å². The number of halogens is 1. The molecule has 0 aromatic heterocycles. The minimum absolute atomic E-state index is 0.0105. The first-order chi connectivity index (χ1) is 16.8. The molecule has 2 amide bonds. The van der Waals surface area contributed by atoms with Gasteiger partial charge in [0.05, 0.1) is 11.6 Å². The highest BCUT2D eigenvalue weighted by molar-refractivity contribution is 6.00. The van der Waals surface area contributed by atoms with Crippen LogP contribution in [0.1, 0.15) is 38.5 Å². The number of allylic oxidation sites excluding steroid dienone is 1. The van der Waals surface area contributed by atoms with Crippen LogP contribution in [0.25, 0.3) is 0 Å². The molecule has 3 atom stereocenters. The van der Waals surface area contributed by atoms with Gasteiger partial charge in [0.25, 0.3) is 5.91 Å². The molecule has 5 rings (SSSR count). The van der Waals surface area contributed by atoms with Gasteiger partial charge in [-0.2, -0.15) is 0 Å². The first-order valence-electron chi connectivity index (χ1n) is 13.0. The van der Waals surface area contributed by atoms with E-state index in [0.29, 0.717) is 35.6 Å². The highest BCUT2D eigenvalue weighted by atomic mass is 19.1. The summed E-state index contributed by atoms with van der Waals surface area (Å²) in [6, 6.07) is 5.94. The number of likely N-dealkylation sites (N-methyl/N-ethyl adjacent to an activating group) is 2. The molecule has 7 heteroatoms. The minimum atomic E-state index is -0.306. The van der Waals surface area contributed by atoms with Crippen molar-refractivity contribution in [1.29, 1.82) is 0 Å². The Bertz CT molecular complexity index is 1050. The van der Waals surface area contributed by atoms with Crippen LogP contribution in [-0.4, -0.2) is 74.5 Å². The minimum Gasteiger partial charge on any atom is -0.368 e. The fourth-order valence-electron chi connectivity index (χ4n) is 6.20. The number of piperidine rings is 1. The Morgan fingerprint density at radius 3 is 2.49 bits per heavy atom. The molecule has 1 saturated carbocycles. The second kappa shape index (κ2) is 9.76. The van der Waals surface area contributed by atoms with E-state index in [9.17, 15) is 9.59 Å². The number of carbonyl (C=O) groups is 2. The maximum atomic E-state index is 15.1. The number of hydrogen-bond acceptors (Lipinski definition) is 4. The van der Waals surface area contributed by atoms with E-state index in [1.54, 1.807) is 4.90 Å². The normalized spacial score (nSPS) is 26.9. The Kier molecular flexibility index (Phi) is 6.71. The highest BCUT2D eigenvalue weighted by Gasteiger charge is 2.38. The predicted octanol–water partition coefficient (Wildman–Crippen LogP) is 3.83. The smallest absolute Gasteiger partial charge is 0.253 e. The molecule has 2 unspecified atom stereocenters. The maximum absolute atomic E-state index is 15.1. The number of anilines is 2. The molecule has 3 fully saturated rings. The van der Waals surface area contributed by atoms with Crippen LogP contribution in [0, 0.1) is 17.7 Å². The molecule has 2 heterocycles. The van der Waals surface area contributed by atoms with Gasteiger partial charge in [0.15, 0.2) is 0 Å². The Morgan fingerprint density at radius 1 is 1.03 bits per heavy atom. The molecule has 1 aromatic rings. The second-order valence-electron chi connectivity index (χ2n) is 10.8. The van der Waals surface area contributed by atoms with Gasteiger partial charge in [-0.3, -0.25) is 9.59 Å². The fraction of sp³-hybridized carbons (Fsp3) is 0.571. The predicted molar refractivity (Wildman–Crippen MR) is 137 cm³/mol. The molecule has 0 spiro atoms. The van der Waals surface area contributed by atoms with Crippen molar-refractivity contribution in [2.75, 3.05) is 50.6 Å². The van der Waals surface area contributed by atoms with Gasteiger partial charge in [-0.15, -0.1) is 0 Å². The van der Waals surface area contributed by atoms with Gasteiger partial charge in [-0.25, -0.2) is 4.39 Å². The zero-order chi connectivity index (χ0) is 24.7. The van der Waals surface area contributed by atoms with Crippen molar-refractivity contribution in [1.82, 2.24) is 9.80 Å². The average molecular weight is 481 g/mol. The molecule has 0 bridgehead atoms. The van der Waals surface area contributed by atoms with Crippen molar-refractivity contribution in [3.8, 4) is 0 Å². The number of rotatable bonds is 5. The SMILES string of the molecule is CN(C(=O)C1=CC2CCN(c3ccc(N4CC[C@@H](N(C)C)C4)c(F)c3)C(=O)C2C=C1)C1CCCC1. The zero-order valence-electron chi connectivity index (χ0n) is 21.1. The molecule has 6 nitrogen and oxygen atoms in total. The summed E-state index contributed by atoms with van der Waals surface area (Å²) in [5.74, 6) is -0.544. The van der Waals surface area contributed by atoms with Crippen LogP contribution in [-0.2, 0) is 9.59 Å². The molecule has 2 aliphatic carbocycles. The van der Waals surface area contributed by atoms with Crippen molar-refractivity contribution >= 4 is 23.2 Å². The molecule has 1 aromatic carbocycles. The van der Waals surface area contributed by atoms with Crippen LogP contribution in [0.2, 0.25) is 0 Å². The van der Waals surface area contributed by atoms with Crippen LogP contribution in [0.15, 0.2) is 42.0 Å². The third-order valence-corrected chi connectivity index (χ3v) is 8.49. The standard InChI is InChI=1S/C28H37FN4O2/c1-30(2)23-13-14-32(18-23)26-11-9-22(17-25(26)29)33-15-12-19-16-20(8-10-24(19)28(33)35)27(34)31(3)21-6-4-5-7-21/h8-11,16-17,19,21,23-24H,4-7,12-15,18H2,1-3H3/t19?,23-,24?/m1/s1. The third-order valence-electron chi connectivity index (χ3n) is 8.49. The van der Waals surface area contributed by atoms with Crippen LogP contribution < -0.4 is 9.80 Å². The van der Waals surface area contributed by atoms with Crippen molar-refractivity contribution < 1.29 is 14.0 Å². The largest absolute Gasteiger partial charge is 0.368 e. The van der Waals surface area contributed by atoms with E-state index >= 15 is 4.39 Å². The monoisotopic (exact) mass is 480 g/mol. The Hall–Kier alpha value is -2.67. The summed E-state index contributed by atoms with van der Waals surface area (Å²) >= 11 is 0. The molecule has 2 saturated heterocycles. The zero-order valence-corrected chi connectivity index (χ0v) is 21.1. The van der Waals surface area contributed by atoms with E-state index < -0.39 is 0 Å². The molecular weight excluding hydrogens is 443 g/mol. The first kappa shape index (κ1) is 24.0. The molecular formula is C28H37FN4O2. The number of nitrogens with zero attached hydrogens (tertiary/aromatic N) is 4. The van der Waals surface area contributed by atoms with E-state index in [2.05, 4.69) is 23.9 Å². The molecule has 0 radical (unpaired) electrons. The van der Waals surface area contributed by atoms with Crippen molar-refractivity contribution in [3.05, 3.63) is 47.8 Å². The fourth-order valence-corrected chi connectivity index (χ4v) is 6.20. The van der Waals surface area contributed by atoms with Crippen LogP contribution in [0.3, 0.4) is 0 Å². The molecule has 4 aliphatic rings. The van der Waals surface area contributed by atoms with Crippen molar-refractivity contribution in [3.63, 3.8) is 0 Å². The van der Waals surface area contributed by atoms with Gasteiger partial charge in [0.2, 0.25) is 5.91 Å².